The van der Waals surface area contributed by atoms with Gasteiger partial charge in [0.1, 0.15) is 17.6 Å². The van der Waals surface area contributed by atoms with E-state index in [0.29, 0.717) is 5.82 Å². The largest absolute Gasteiger partial charge is 0.467 e. The lowest BCUT2D eigenvalue weighted by atomic mass is 10.0. The number of rotatable bonds is 5. The van der Waals surface area contributed by atoms with Crippen molar-refractivity contribution in [1.29, 1.82) is 0 Å². The molecule has 0 radical (unpaired) electrons. The molecule has 0 aliphatic rings. The van der Waals surface area contributed by atoms with Gasteiger partial charge in [0.15, 0.2) is 0 Å². The van der Waals surface area contributed by atoms with Crippen molar-refractivity contribution in [3.63, 3.8) is 0 Å². The maximum absolute atomic E-state index is 11.6. The molecule has 0 saturated carbocycles. The number of nitrogens with one attached hydrogen (secondary N) is 1. The monoisotopic (exact) mass is 251 g/mol. The number of aromatic nitrogens is 1. The minimum atomic E-state index is -0.613. The number of nitrogens with two attached hydrogens (primary N) is 1. The molecule has 1 aromatic rings. The summed E-state index contributed by atoms with van der Waals surface area (Å²) >= 11 is 0. The van der Waals surface area contributed by atoms with Crippen molar-refractivity contribution >= 4 is 17.7 Å². The predicted octanol–water partition coefficient (Wildman–Crippen LogP) is 0.790. The van der Waals surface area contributed by atoms with E-state index in [4.69, 9.17) is 10.5 Å². The molecule has 0 spiro atoms. The summed E-state index contributed by atoms with van der Waals surface area (Å²) in [6, 6.07) is 4.29. The lowest BCUT2D eigenvalue weighted by Gasteiger charge is -2.20. The highest BCUT2D eigenvalue weighted by molar-refractivity contribution is 5.91. The van der Waals surface area contributed by atoms with Crippen molar-refractivity contribution in [2.45, 2.75) is 19.9 Å². The fourth-order valence-electron chi connectivity index (χ4n) is 1.44. The summed E-state index contributed by atoms with van der Waals surface area (Å²) in [5, 5.41) is 2.93. The van der Waals surface area contributed by atoms with Crippen LogP contribution < -0.4 is 11.1 Å². The van der Waals surface area contributed by atoms with Crippen molar-refractivity contribution < 1.29 is 14.3 Å². The normalized spacial score (nSPS) is 12.0. The number of nitrogens with zero attached hydrogens (tertiary/aromatic N) is 1. The Morgan fingerprint density at radius 2 is 2.06 bits per heavy atom. The molecule has 1 unspecified atom stereocenters. The molecule has 18 heavy (non-hydrogen) atoms. The van der Waals surface area contributed by atoms with Crippen LogP contribution in [0.3, 0.4) is 0 Å². The van der Waals surface area contributed by atoms with Gasteiger partial charge in [-0.1, -0.05) is 19.9 Å². The Kier molecular flexibility index (Phi) is 4.65. The van der Waals surface area contributed by atoms with Gasteiger partial charge >= 0.3 is 5.97 Å². The summed E-state index contributed by atoms with van der Waals surface area (Å²) in [5.74, 6) is -0.555. The highest BCUT2D eigenvalue weighted by atomic mass is 16.5. The van der Waals surface area contributed by atoms with Gasteiger partial charge < -0.3 is 15.8 Å². The quantitative estimate of drug-likeness (QED) is 0.754. The number of carbonyl (C=O) groups excluding carboxylic acids is 2. The van der Waals surface area contributed by atoms with E-state index >= 15 is 0 Å². The number of anilines is 1. The van der Waals surface area contributed by atoms with Gasteiger partial charge in [-0.25, -0.2) is 9.78 Å². The summed E-state index contributed by atoms with van der Waals surface area (Å²) in [5.41, 5.74) is 5.28. The molecule has 1 atom stereocenters. The third-order valence-electron chi connectivity index (χ3n) is 2.43. The molecule has 0 aliphatic heterocycles. The Bertz CT molecular complexity index is 446. The Hall–Kier alpha value is -2.11. The molecule has 6 heteroatoms. The Labute approximate surface area is 106 Å². The summed E-state index contributed by atoms with van der Waals surface area (Å²) in [6.07, 6.45) is 0. The van der Waals surface area contributed by atoms with Gasteiger partial charge in [-0.2, -0.15) is 0 Å². The maximum Gasteiger partial charge on any atom is 0.328 e. The van der Waals surface area contributed by atoms with Crippen LogP contribution in [0.1, 0.15) is 24.3 Å². The Morgan fingerprint density at radius 3 is 2.56 bits per heavy atom. The molecule has 98 valence electrons. The standard InChI is InChI=1S/C12H17N3O3/c1-7(2)10(12(17)18-3)15-9-6-4-5-8(14-9)11(13)16/h4-7,10H,1-3H3,(H2,13,16)(H,14,15). The molecule has 3 N–H and O–H groups in total. The van der Waals surface area contributed by atoms with Crippen LogP contribution in [0, 0.1) is 5.92 Å². The SMILES string of the molecule is COC(=O)C(Nc1cccc(C(N)=O)n1)C(C)C. The molecule has 1 rings (SSSR count). The van der Waals surface area contributed by atoms with E-state index in [1.54, 1.807) is 12.1 Å². The average Bonchev–Trinajstić information content (AvgIpc) is 2.35. The van der Waals surface area contributed by atoms with Crippen molar-refractivity contribution in [1.82, 2.24) is 4.98 Å². The van der Waals surface area contributed by atoms with E-state index < -0.39 is 11.9 Å². The number of hydrogen-bond acceptors (Lipinski definition) is 5. The van der Waals surface area contributed by atoms with E-state index in [1.165, 1.54) is 13.2 Å². The van der Waals surface area contributed by atoms with Crippen LogP contribution >= 0.6 is 0 Å². The molecule has 1 aromatic heterocycles. The van der Waals surface area contributed by atoms with Crippen LogP contribution in [0.25, 0.3) is 0 Å². The van der Waals surface area contributed by atoms with Crippen LogP contribution in [-0.4, -0.2) is 30.0 Å². The summed E-state index contributed by atoms with van der Waals surface area (Å²) in [7, 11) is 1.33. The van der Waals surface area contributed by atoms with Crippen LogP contribution in [0.2, 0.25) is 0 Å². The number of pyridine rings is 1. The molecule has 0 fully saturated rings. The van der Waals surface area contributed by atoms with Crippen molar-refractivity contribution in [2.24, 2.45) is 11.7 Å². The fraction of sp³-hybridized carbons (Fsp3) is 0.417. The van der Waals surface area contributed by atoms with Crippen molar-refractivity contribution in [2.75, 3.05) is 12.4 Å². The first-order chi connectivity index (χ1) is 8.45. The zero-order valence-electron chi connectivity index (χ0n) is 10.6. The van der Waals surface area contributed by atoms with Gasteiger partial charge in [0.2, 0.25) is 0 Å². The molecular weight excluding hydrogens is 234 g/mol. The molecule has 6 nitrogen and oxygen atoms in total. The average molecular weight is 251 g/mol. The van der Waals surface area contributed by atoms with Gasteiger partial charge in [-0.15, -0.1) is 0 Å². The second-order valence-electron chi connectivity index (χ2n) is 4.16. The molecule has 1 amide bonds. The van der Waals surface area contributed by atoms with E-state index in [9.17, 15) is 9.59 Å². The van der Waals surface area contributed by atoms with E-state index in [0.717, 1.165) is 0 Å². The van der Waals surface area contributed by atoms with Gasteiger partial charge in [-0.05, 0) is 18.1 Å². The Morgan fingerprint density at radius 1 is 1.39 bits per heavy atom. The predicted molar refractivity (Wildman–Crippen MR) is 67.0 cm³/mol. The number of ether oxygens (including phenoxy) is 1. The summed E-state index contributed by atoms with van der Waals surface area (Å²) in [4.78, 5) is 26.6. The van der Waals surface area contributed by atoms with Crippen LogP contribution in [0.5, 0.6) is 0 Å². The smallest absolute Gasteiger partial charge is 0.328 e. The molecule has 0 aromatic carbocycles. The third kappa shape index (κ3) is 3.44. The third-order valence-corrected chi connectivity index (χ3v) is 2.43. The van der Waals surface area contributed by atoms with Crippen molar-refractivity contribution in [3.8, 4) is 0 Å². The lowest BCUT2D eigenvalue weighted by Crippen LogP contribution is -2.35. The minimum absolute atomic E-state index is 0.0245. The lowest BCUT2D eigenvalue weighted by molar-refractivity contribution is -0.142. The van der Waals surface area contributed by atoms with Crippen LogP contribution in [0.15, 0.2) is 18.2 Å². The van der Waals surface area contributed by atoms with Gasteiger partial charge in [0, 0.05) is 0 Å². The van der Waals surface area contributed by atoms with Crippen LogP contribution in [-0.2, 0) is 9.53 Å². The second kappa shape index (κ2) is 6.00. The number of esters is 1. The Balaban J connectivity index is 2.90. The number of hydrogen-bond donors (Lipinski definition) is 2. The van der Waals surface area contributed by atoms with Gasteiger partial charge in [0.05, 0.1) is 7.11 Å². The highest BCUT2D eigenvalue weighted by Gasteiger charge is 2.23. The zero-order chi connectivity index (χ0) is 13.7. The number of methoxy groups -OCH3 is 1. The summed E-state index contributed by atoms with van der Waals surface area (Å²) in [6.45, 7) is 3.76. The van der Waals surface area contributed by atoms with Crippen molar-refractivity contribution in [3.05, 3.63) is 23.9 Å². The van der Waals surface area contributed by atoms with Gasteiger partial charge in [-0.3, -0.25) is 4.79 Å². The zero-order valence-corrected chi connectivity index (χ0v) is 10.6. The first-order valence-electron chi connectivity index (χ1n) is 5.57. The molecule has 0 aliphatic carbocycles. The number of carbonyl (C=O) groups is 2. The molecule has 0 bridgehead atoms. The highest BCUT2D eigenvalue weighted by Crippen LogP contribution is 2.12. The molecular formula is C12H17N3O3. The summed E-state index contributed by atoms with van der Waals surface area (Å²) < 4.78 is 4.70. The first kappa shape index (κ1) is 14.0. The van der Waals surface area contributed by atoms with E-state index in [1.807, 2.05) is 13.8 Å². The first-order valence-corrected chi connectivity index (χ1v) is 5.57. The minimum Gasteiger partial charge on any atom is -0.467 e. The fourth-order valence-corrected chi connectivity index (χ4v) is 1.44. The van der Waals surface area contributed by atoms with E-state index in [2.05, 4.69) is 10.3 Å². The topological polar surface area (TPSA) is 94.3 Å². The van der Waals surface area contributed by atoms with Crippen LogP contribution in [0.4, 0.5) is 5.82 Å². The van der Waals surface area contributed by atoms with E-state index in [-0.39, 0.29) is 17.6 Å². The number of amides is 1. The molecule has 0 saturated heterocycles. The maximum atomic E-state index is 11.6. The molecule has 1 heterocycles. The number of primary amides is 1. The second-order valence-corrected chi connectivity index (χ2v) is 4.16. The van der Waals surface area contributed by atoms with Gasteiger partial charge in [0.25, 0.3) is 5.91 Å².